The minimum absolute atomic E-state index is 0.0277. The summed E-state index contributed by atoms with van der Waals surface area (Å²) in [4.78, 5) is 12.6. The summed E-state index contributed by atoms with van der Waals surface area (Å²) in [6.45, 7) is 7.32. The molecule has 4 aromatic rings. The second-order valence-electron chi connectivity index (χ2n) is 7.73. The molecule has 0 aliphatic carbocycles. The van der Waals surface area contributed by atoms with Gasteiger partial charge in [-0.25, -0.2) is 0 Å². The topological polar surface area (TPSA) is 64.7 Å². The molecule has 0 radical (unpaired) electrons. The van der Waals surface area contributed by atoms with E-state index in [0.29, 0.717) is 13.0 Å². The van der Waals surface area contributed by atoms with E-state index in [1.165, 1.54) is 11.1 Å². The molecule has 2 aromatic heterocycles. The van der Waals surface area contributed by atoms with Crippen LogP contribution in [0.3, 0.4) is 0 Å². The molecule has 154 valence electrons. The van der Waals surface area contributed by atoms with Crippen molar-refractivity contribution in [3.05, 3.63) is 77.2 Å². The van der Waals surface area contributed by atoms with Crippen LogP contribution in [0.15, 0.2) is 54.7 Å². The number of carbonyl (C=O) groups is 1. The maximum absolute atomic E-state index is 12.6. The highest BCUT2D eigenvalue weighted by Gasteiger charge is 2.15. The second kappa shape index (κ2) is 8.53. The fraction of sp³-hybridized carbons (Fsp3) is 0.292. The Labute approximate surface area is 176 Å². The number of amides is 1. The maximum atomic E-state index is 12.6. The van der Waals surface area contributed by atoms with E-state index in [9.17, 15) is 4.79 Å². The lowest BCUT2D eigenvalue weighted by atomic mass is 10.1. The van der Waals surface area contributed by atoms with E-state index >= 15 is 0 Å². The molecule has 1 amide bonds. The number of carbonyl (C=O) groups excluding carboxylic acids is 1. The molecule has 0 bridgehead atoms. The molecule has 0 fully saturated rings. The predicted octanol–water partition coefficient (Wildman–Crippen LogP) is 4.43. The first-order chi connectivity index (χ1) is 14.5. The van der Waals surface area contributed by atoms with E-state index in [1.54, 1.807) is 0 Å². The van der Waals surface area contributed by atoms with Crippen molar-refractivity contribution in [3.63, 3.8) is 0 Å². The Bertz CT molecular complexity index is 1170. The minimum Gasteiger partial charge on any atom is -0.323 e. The summed E-state index contributed by atoms with van der Waals surface area (Å²) >= 11 is 0. The first kappa shape index (κ1) is 19.9. The van der Waals surface area contributed by atoms with Gasteiger partial charge in [-0.3, -0.25) is 14.2 Å². The predicted molar refractivity (Wildman–Crippen MR) is 120 cm³/mol. The Kier molecular flexibility index (Phi) is 5.65. The van der Waals surface area contributed by atoms with Crippen LogP contribution in [-0.2, 0) is 24.3 Å². The van der Waals surface area contributed by atoms with E-state index in [4.69, 9.17) is 0 Å². The normalized spacial score (nSPS) is 11.2. The Morgan fingerprint density at radius 2 is 1.80 bits per heavy atom. The van der Waals surface area contributed by atoms with E-state index in [2.05, 4.69) is 52.8 Å². The zero-order valence-corrected chi connectivity index (χ0v) is 17.7. The van der Waals surface area contributed by atoms with Gasteiger partial charge in [0.15, 0.2) is 0 Å². The highest BCUT2D eigenvalue weighted by Crippen LogP contribution is 2.21. The monoisotopic (exact) mass is 401 g/mol. The van der Waals surface area contributed by atoms with E-state index in [-0.39, 0.29) is 5.91 Å². The van der Waals surface area contributed by atoms with Gasteiger partial charge in [-0.15, -0.1) is 0 Å². The van der Waals surface area contributed by atoms with Gasteiger partial charge in [0.05, 0.1) is 35.3 Å². The molecule has 0 aliphatic heterocycles. The van der Waals surface area contributed by atoms with Gasteiger partial charge in [0.1, 0.15) is 0 Å². The van der Waals surface area contributed by atoms with Crippen LogP contribution >= 0.6 is 0 Å². The lowest BCUT2D eigenvalue weighted by Crippen LogP contribution is -2.16. The van der Waals surface area contributed by atoms with Gasteiger partial charge in [0.2, 0.25) is 5.91 Å². The summed E-state index contributed by atoms with van der Waals surface area (Å²) in [5, 5.41) is 13.2. The van der Waals surface area contributed by atoms with Crippen LogP contribution in [0.5, 0.6) is 0 Å². The third kappa shape index (κ3) is 4.27. The number of hydrogen-bond donors (Lipinski definition) is 1. The summed E-state index contributed by atoms with van der Waals surface area (Å²) in [7, 11) is 0. The molecule has 1 N–H and O–H groups in total. The van der Waals surface area contributed by atoms with Gasteiger partial charge in [-0.05, 0) is 44.4 Å². The van der Waals surface area contributed by atoms with Crippen LogP contribution in [0.25, 0.3) is 10.9 Å². The van der Waals surface area contributed by atoms with Crippen molar-refractivity contribution < 1.29 is 4.79 Å². The number of rotatable bonds is 7. The molecule has 0 aliphatic rings. The number of hydrogen-bond acceptors (Lipinski definition) is 3. The molecule has 0 atom stereocenters. The van der Waals surface area contributed by atoms with Crippen LogP contribution in [0.2, 0.25) is 0 Å². The summed E-state index contributed by atoms with van der Waals surface area (Å²) in [5.74, 6) is -0.0277. The van der Waals surface area contributed by atoms with Crippen LogP contribution in [-0.4, -0.2) is 25.5 Å². The molecule has 2 heterocycles. The Morgan fingerprint density at radius 1 is 1.00 bits per heavy atom. The van der Waals surface area contributed by atoms with Crippen molar-refractivity contribution in [1.29, 1.82) is 0 Å². The Balaban J connectivity index is 1.39. The van der Waals surface area contributed by atoms with Crippen LogP contribution in [0.1, 0.15) is 28.9 Å². The smallest absolute Gasteiger partial charge is 0.226 e. The number of benzene rings is 2. The van der Waals surface area contributed by atoms with E-state index in [0.717, 1.165) is 40.9 Å². The average molecular weight is 402 g/mol. The first-order valence-corrected chi connectivity index (χ1v) is 10.3. The molecule has 4 rings (SSSR count). The SMILES string of the molecule is Cc1ccc2cnn(CCC(=O)Nc3c(C)nn(CCc4ccccc4)c3C)c2c1. The van der Waals surface area contributed by atoms with Gasteiger partial charge >= 0.3 is 0 Å². The Morgan fingerprint density at radius 3 is 2.60 bits per heavy atom. The number of aryl methyl sites for hydroxylation is 5. The number of anilines is 1. The molecule has 6 nitrogen and oxygen atoms in total. The van der Waals surface area contributed by atoms with Gasteiger partial charge in [0.25, 0.3) is 0 Å². The molecular weight excluding hydrogens is 374 g/mol. The minimum atomic E-state index is -0.0277. The Hall–Kier alpha value is -3.41. The lowest BCUT2D eigenvalue weighted by Gasteiger charge is -2.08. The molecule has 2 aromatic carbocycles. The van der Waals surface area contributed by atoms with Gasteiger partial charge in [0, 0.05) is 18.4 Å². The quantitative estimate of drug-likeness (QED) is 0.498. The second-order valence-corrected chi connectivity index (χ2v) is 7.73. The first-order valence-electron chi connectivity index (χ1n) is 10.3. The van der Waals surface area contributed by atoms with Crippen LogP contribution in [0.4, 0.5) is 5.69 Å². The average Bonchev–Trinajstić information content (AvgIpc) is 3.26. The number of aromatic nitrogens is 4. The lowest BCUT2D eigenvalue weighted by molar-refractivity contribution is -0.116. The van der Waals surface area contributed by atoms with Crippen molar-refractivity contribution in [2.24, 2.45) is 0 Å². The molecule has 0 saturated heterocycles. The molecule has 0 spiro atoms. The molecule has 0 unspecified atom stereocenters. The highest BCUT2D eigenvalue weighted by atomic mass is 16.1. The third-order valence-corrected chi connectivity index (χ3v) is 5.45. The fourth-order valence-electron chi connectivity index (χ4n) is 3.74. The number of nitrogens with one attached hydrogen (secondary N) is 1. The summed E-state index contributed by atoms with van der Waals surface area (Å²) < 4.78 is 3.87. The summed E-state index contributed by atoms with van der Waals surface area (Å²) in [5.41, 5.74) is 6.16. The standard InChI is InChI=1S/C24H27N5O/c1-17-9-10-21-16-25-29(22(21)15-17)14-12-23(30)26-24-18(2)27-28(19(24)3)13-11-20-7-5-4-6-8-20/h4-10,15-16H,11-14H2,1-3H3,(H,26,30). The van der Waals surface area contributed by atoms with Crippen LogP contribution < -0.4 is 5.32 Å². The molecule has 0 saturated carbocycles. The number of fused-ring (bicyclic) bond motifs is 1. The van der Waals surface area contributed by atoms with Gasteiger partial charge < -0.3 is 5.32 Å². The van der Waals surface area contributed by atoms with Crippen molar-refractivity contribution in [2.75, 3.05) is 5.32 Å². The van der Waals surface area contributed by atoms with Crippen molar-refractivity contribution in [3.8, 4) is 0 Å². The molecule has 6 heteroatoms. The van der Waals surface area contributed by atoms with Crippen LogP contribution in [0, 0.1) is 20.8 Å². The van der Waals surface area contributed by atoms with Crippen molar-refractivity contribution in [1.82, 2.24) is 19.6 Å². The van der Waals surface area contributed by atoms with Gasteiger partial charge in [-0.2, -0.15) is 10.2 Å². The van der Waals surface area contributed by atoms with Crippen molar-refractivity contribution >= 4 is 22.5 Å². The maximum Gasteiger partial charge on any atom is 0.226 e. The zero-order valence-electron chi connectivity index (χ0n) is 17.7. The van der Waals surface area contributed by atoms with E-state index in [1.807, 2.05) is 47.6 Å². The molecular formula is C24H27N5O. The van der Waals surface area contributed by atoms with E-state index < -0.39 is 0 Å². The highest BCUT2D eigenvalue weighted by molar-refractivity contribution is 5.92. The largest absolute Gasteiger partial charge is 0.323 e. The number of nitrogens with zero attached hydrogens (tertiary/aromatic N) is 4. The van der Waals surface area contributed by atoms with Crippen molar-refractivity contribution in [2.45, 2.75) is 46.7 Å². The summed E-state index contributed by atoms with van der Waals surface area (Å²) in [6.07, 6.45) is 3.11. The summed E-state index contributed by atoms with van der Waals surface area (Å²) in [6, 6.07) is 16.6. The fourth-order valence-corrected chi connectivity index (χ4v) is 3.74. The zero-order chi connectivity index (χ0) is 21.1. The third-order valence-electron chi connectivity index (χ3n) is 5.45. The molecule has 30 heavy (non-hydrogen) atoms. The van der Waals surface area contributed by atoms with Gasteiger partial charge in [-0.1, -0.05) is 42.5 Å².